The number of carbonyl (C=O) groups is 2. The van der Waals surface area contributed by atoms with E-state index in [1.807, 2.05) is 0 Å². The van der Waals surface area contributed by atoms with E-state index in [9.17, 15) is 18.4 Å². The normalized spacial score (nSPS) is 17.5. The van der Waals surface area contributed by atoms with E-state index in [-0.39, 0.29) is 35.5 Å². The van der Waals surface area contributed by atoms with Gasteiger partial charge in [-0.2, -0.15) is 4.98 Å². The third-order valence-electron chi connectivity index (χ3n) is 6.03. The van der Waals surface area contributed by atoms with Gasteiger partial charge in [-0.3, -0.25) is 14.0 Å². The number of hydrogen-bond acceptors (Lipinski definition) is 6. The van der Waals surface area contributed by atoms with E-state index in [1.165, 1.54) is 19.2 Å². The Hall–Kier alpha value is -4.00. The van der Waals surface area contributed by atoms with E-state index in [0.717, 1.165) is 0 Å². The predicted molar refractivity (Wildman–Crippen MR) is 139 cm³/mol. The average Bonchev–Trinajstić information content (AvgIpc) is 2.86. The van der Waals surface area contributed by atoms with Crippen LogP contribution in [-0.4, -0.2) is 48.1 Å². The van der Waals surface area contributed by atoms with E-state index >= 15 is 0 Å². The van der Waals surface area contributed by atoms with Gasteiger partial charge in [-0.1, -0.05) is 24.0 Å². The SMILES string of the molecule is C/C=C(\C(=O)NC)[C@H](C)C(=O)NC1CC(C#Cc2cnc(Nc3cccc(F)c3)nc2NCCCF)C1. The first kappa shape index (κ1) is 27.6. The Bertz CT molecular complexity index is 1200. The van der Waals surface area contributed by atoms with Gasteiger partial charge >= 0.3 is 0 Å². The molecule has 1 aliphatic carbocycles. The Morgan fingerprint density at radius 1 is 1.30 bits per heavy atom. The van der Waals surface area contributed by atoms with Crippen LogP contribution in [0.25, 0.3) is 0 Å². The van der Waals surface area contributed by atoms with E-state index in [4.69, 9.17) is 0 Å². The highest BCUT2D eigenvalue weighted by Crippen LogP contribution is 2.28. The number of alkyl halides is 1. The molecule has 37 heavy (non-hydrogen) atoms. The van der Waals surface area contributed by atoms with Crippen LogP contribution in [-0.2, 0) is 9.59 Å². The van der Waals surface area contributed by atoms with Crippen molar-refractivity contribution in [3.63, 3.8) is 0 Å². The molecule has 1 aromatic carbocycles. The van der Waals surface area contributed by atoms with Gasteiger partial charge in [0.25, 0.3) is 0 Å². The Kier molecular flexibility index (Phi) is 9.95. The second kappa shape index (κ2) is 13.3. The van der Waals surface area contributed by atoms with Gasteiger partial charge in [0.2, 0.25) is 17.8 Å². The van der Waals surface area contributed by atoms with Gasteiger partial charge < -0.3 is 21.3 Å². The fraction of sp³-hybridized carbons (Fsp3) is 0.407. The number of rotatable bonds is 10. The molecule has 10 heteroatoms. The van der Waals surface area contributed by atoms with Crippen LogP contribution < -0.4 is 21.3 Å². The third kappa shape index (κ3) is 7.74. The summed E-state index contributed by atoms with van der Waals surface area (Å²) in [7, 11) is 1.53. The number of benzene rings is 1. The molecule has 0 saturated heterocycles. The topological polar surface area (TPSA) is 108 Å². The Balaban J connectivity index is 1.62. The highest BCUT2D eigenvalue weighted by Gasteiger charge is 2.31. The first-order valence-corrected chi connectivity index (χ1v) is 12.2. The maximum absolute atomic E-state index is 13.5. The number of allylic oxidation sites excluding steroid dienone is 1. The molecular weight excluding hydrogens is 478 g/mol. The van der Waals surface area contributed by atoms with Crippen LogP contribution >= 0.6 is 0 Å². The zero-order valence-electron chi connectivity index (χ0n) is 21.2. The van der Waals surface area contributed by atoms with Gasteiger partial charge in [0.1, 0.15) is 11.6 Å². The zero-order valence-corrected chi connectivity index (χ0v) is 21.2. The van der Waals surface area contributed by atoms with Crippen LogP contribution in [0.1, 0.15) is 38.7 Å². The second-order valence-electron chi connectivity index (χ2n) is 8.75. The summed E-state index contributed by atoms with van der Waals surface area (Å²) in [5, 5.41) is 11.6. The molecule has 1 aliphatic rings. The number of amides is 2. The molecule has 1 saturated carbocycles. The van der Waals surface area contributed by atoms with Gasteiger partial charge in [0, 0.05) is 36.8 Å². The highest BCUT2D eigenvalue weighted by atomic mass is 19.1. The monoisotopic (exact) mass is 510 g/mol. The maximum Gasteiger partial charge on any atom is 0.247 e. The van der Waals surface area contributed by atoms with Gasteiger partial charge in [-0.25, -0.2) is 9.37 Å². The predicted octanol–water partition coefficient (Wildman–Crippen LogP) is 3.71. The van der Waals surface area contributed by atoms with E-state index < -0.39 is 12.6 Å². The van der Waals surface area contributed by atoms with Gasteiger partial charge in [0.15, 0.2) is 0 Å². The molecule has 4 N–H and O–H groups in total. The molecule has 2 aromatic rings. The summed E-state index contributed by atoms with van der Waals surface area (Å²) in [6.45, 7) is 3.36. The lowest BCUT2D eigenvalue weighted by molar-refractivity contribution is -0.127. The minimum Gasteiger partial charge on any atom is -0.369 e. The summed E-state index contributed by atoms with van der Waals surface area (Å²) in [5.41, 5.74) is 1.49. The molecule has 3 rings (SSSR count). The summed E-state index contributed by atoms with van der Waals surface area (Å²) >= 11 is 0. The number of carbonyl (C=O) groups excluding carboxylic acids is 2. The molecule has 0 radical (unpaired) electrons. The molecule has 0 spiro atoms. The molecule has 1 fully saturated rings. The Morgan fingerprint density at radius 3 is 2.76 bits per heavy atom. The number of nitrogens with zero attached hydrogens (tertiary/aromatic N) is 2. The van der Waals surface area contributed by atoms with E-state index in [2.05, 4.69) is 43.1 Å². The Morgan fingerprint density at radius 2 is 2.08 bits per heavy atom. The van der Waals surface area contributed by atoms with Crippen molar-refractivity contribution in [3.05, 3.63) is 53.5 Å². The number of anilines is 3. The smallest absolute Gasteiger partial charge is 0.247 e. The van der Waals surface area contributed by atoms with Crippen LogP contribution in [0.5, 0.6) is 0 Å². The lowest BCUT2D eigenvalue weighted by atomic mass is 9.80. The summed E-state index contributed by atoms with van der Waals surface area (Å²) in [6.07, 6.45) is 4.93. The van der Waals surface area contributed by atoms with Crippen molar-refractivity contribution in [2.24, 2.45) is 11.8 Å². The summed E-state index contributed by atoms with van der Waals surface area (Å²) < 4.78 is 26.1. The van der Waals surface area contributed by atoms with Crippen LogP contribution in [0, 0.1) is 29.5 Å². The third-order valence-corrected chi connectivity index (χ3v) is 6.03. The van der Waals surface area contributed by atoms with Crippen LogP contribution in [0.4, 0.5) is 26.2 Å². The molecule has 2 amide bonds. The molecule has 8 nitrogen and oxygen atoms in total. The van der Waals surface area contributed by atoms with Crippen molar-refractivity contribution in [1.29, 1.82) is 0 Å². The minimum absolute atomic E-state index is 0.00622. The number of hydrogen-bond donors (Lipinski definition) is 4. The van der Waals surface area contributed by atoms with Gasteiger partial charge in [-0.05, 0) is 51.3 Å². The fourth-order valence-electron chi connectivity index (χ4n) is 3.86. The molecule has 1 aromatic heterocycles. The number of halogens is 2. The van der Waals surface area contributed by atoms with Crippen molar-refractivity contribution < 1.29 is 18.4 Å². The van der Waals surface area contributed by atoms with E-state index in [1.54, 1.807) is 38.3 Å². The van der Waals surface area contributed by atoms with Crippen LogP contribution in [0.15, 0.2) is 42.1 Å². The highest BCUT2D eigenvalue weighted by molar-refractivity contribution is 5.99. The first-order valence-electron chi connectivity index (χ1n) is 12.2. The van der Waals surface area contributed by atoms with Crippen molar-refractivity contribution in [1.82, 2.24) is 20.6 Å². The summed E-state index contributed by atoms with van der Waals surface area (Å²) in [6, 6.07) is 5.94. The van der Waals surface area contributed by atoms with E-state index in [0.29, 0.717) is 48.4 Å². The van der Waals surface area contributed by atoms with Crippen molar-refractivity contribution in [3.8, 4) is 11.8 Å². The van der Waals surface area contributed by atoms with Crippen molar-refractivity contribution in [2.45, 2.75) is 39.2 Å². The molecule has 0 aliphatic heterocycles. The Labute approximate surface area is 215 Å². The molecule has 196 valence electrons. The standard InChI is InChI=1S/C27H32F2N6O2/c1-4-23(26(37)30-3)17(2)25(36)33-22-13-18(14-22)9-10-19-16-32-27(35-24(19)31-12-6-11-28)34-21-8-5-7-20(29)15-21/h4-5,7-8,15-18,22H,6,11-14H2,1-3H3,(H,30,37)(H,33,36)(H2,31,32,34,35)/b23-4-/t17-,18?,22?/m0/s1. The van der Waals surface area contributed by atoms with Crippen molar-refractivity contribution >= 4 is 29.3 Å². The second-order valence-corrected chi connectivity index (χ2v) is 8.75. The minimum atomic E-state index is -0.551. The van der Waals surface area contributed by atoms with Crippen molar-refractivity contribution in [2.75, 3.05) is 30.9 Å². The zero-order chi connectivity index (χ0) is 26.8. The number of nitrogens with one attached hydrogen (secondary N) is 4. The quantitative estimate of drug-likeness (QED) is 0.221. The van der Waals surface area contributed by atoms with Crippen LogP contribution in [0.2, 0.25) is 0 Å². The number of aromatic nitrogens is 2. The molecule has 1 atom stereocenters. The number of likely N-dealkylation sites (N-methyl/N-ethyl adjacent to an activating group) is 1. The lowest BCUT2D eigenvalue weighted by Gasteiger charge is -2.33. The lowest BCUT2D eigenvalue weighted by Crippen LogP contribution is -2.46. The fourth-order valence-corrected chi connectivity index (χ4v) is 3.86. The molecule has 0 bridgehead atoms. The van der Waals surface area contributed by atoms with Crippen LogP contribution in [0.3, 0.4) is 0 Å². The molecule has 0 unspecified atom stereocenters. The largest absolute Gasteiger partial charge is 0.369 e. The molecular formula is C27H32F2N6O2. The summed E-state index contributed by atoms with van der Waals surface area (Å²) in [4.78, 5) is 33.2. The maximum atomic E-state index is 13.5. The first-order chi connectivity index (χ1) is 17.8. The summed E-state index contributed by atoms with van der Waals surface area (Å²) in [5.74, 6) is 5.71. The molecule has 1 heterocycles. The average molecular weight is 511 g/mol. The van der Waals surface area contributed by atoms with Gasteiger partial charge in [0.05, 0.1) is 24.4 Å². The van der Waals surface area contributed by atoms with Gasteiger partial charge in [-0.15, -0.1) is 0 Å².